The molecule has 60 heavy (non-hydrogen) atoms. The molecule has 0 aliphatic heterocycles. The van der Waals surface area contributed by atoms with Gasteiger partial charge in [0.1, 0.15) is 11.6 Å². The van der Waals surface area contributed by atoms with Gasteiger partial charge in [-0.15, -0.1) is 29.3 Å². The van der Waals surface area contributed by atoms with Gasteiger partial charge in [0.2, 0.25) is 0 Å². The second-order valence-corrected chi connectivity index (χ2v) is 16.4. The van der Waals surface area contributed by atoms with Gasteiger partial charge in [0.05, 0.1) is 22.1 Å². The van der Waals surface area contributed by atoms with Crippen LogP contribution in [0.5, 0.6) is 5.75 Å². The van der Waals surface area contributed by atoms with Gasteiger partial charge in [-0.2, -0.15) is 0 Å². The molecule has 8 aromatic rings. The zero-order valence-electron chi connectivity index (χ0n) is 48.5. The van der Waals surface area contributed by atoms with Crippen LogP contribution in [-0.4, -0.2) is 19.6 Å². The van der Waals surface area contributed by atoms with Gasteiger partial charge >= 0.3 is 0 Å². The summed E-state index contributed by atoms with van der Waals surface area (Å²) in [5, 5.41) is 11.8. The molecule has 8 rings (SSSR count). The number of imidazole rings is 1. The second kappa shape index (κ2) is 16.5. The number of benzene rings is 6. The number of pyridine rings is 1. The number of fused-ring (bicyclic) bond motifs is 1. The molecule has 0 saturated heterocycles. The number of rotatable bonds is 7. The predicted octanol–water partition coefficient (Wildman–Crippen LogP) is 14.6. The fourth-order valence-corrected chi connectivity index (χ4v) is 7.38. The van der Waals surface area contributed by atoms with E-state index in [9.17, 15) is 5.11 Å². The number of hydrogen-bond acceptors (Lipinski definition) is 3. The van der Waals surface area contributed by atoms with Gasteiger partial charge in [-0.1, -0.05) is 151 Å². The molecule has 6 aromatic carbocycles. The van der Waals surface area contributed by atoms with Gasteiger partial charge in [-0.3, -0.25) is 9.55 Å². The summed E-state index contributed by atoms with van der Waals surface area (Å²) in [6.45, 7) is 2.18. The van der Waals surface area contributed by atoms with Crippen molar-refractivity contribution in [3.8, 4) is 67.5 Å². The number of phenolic OH excluding ortho intramolecular Hbond substituents is 1. The Kier molecular flexibility index (Phi) is 7.70. The first kappa shape index (κ1) is 28.0. The molecule has 0 saturated carbocycles. The Morgan fingerprint density at radius 3 is 2.15 bits per heavy atom. The summed E-state index contributed by atoms with van der Waals surface area (Å²) in [6, 6.07) is 32.1. The molecule has 0 aliphatic carbocycles. The van der Waals surface area contributed by atoms with Crippen LogP contribution in [0.1, 0.15) is 108 Å². The Hall–Kier alpha value is -5.57. The second-order valence-electron chi connectivity index (χ2n) is 16.4. The minimum Gasteiger partial charge on any atom is -0.507 e. The Balaban J connectivity index is 0.00000800. The smallest absolute Gasteiger partial charge is 0.148 e. The van der Waals surface area contributed by atoms with Gasteiger partial charge < -0.3 is 5.11 Å². The summed E-state index contributed by atoms with van der Waals surface area (Å²) < 4.78 is 121. The molecule has 1 N–H and O–H groups in total. The van der Waals surface area contributed by atoms with Crippen LogP contribution in [-0.2, 0) is 31.9 Å². The summed E-state index contributed by atoms with van der Waals surface area (Å²) >= 11 is 0. The first-order valence-corrected chi connectivity index (χ1v) is 19.5. The number of nitrogens with zero attached hydrogens (tertiary/aromatic N) is 3. The average Bonchev–Trinajstić information content (AvgIpc) is 3.69. The van der Waals surface area contributed by atoms with E-state index in [4.69, 9.17) is 24.2 Å². The fraction of sp³-hybridized carbons (Fsp3) is 0.236. The van der Waals surface area contributed by atoms with Crippen LogP contribution in [0.25, 0.3) is 72.7 Å². The summed E-state index contributed by atoms with van der Waals surface area (Å²) in [7, 11) is 0. The molecule has 0 aliphatic rings. The summed E-state index contributed by atoms with van der Waals surface area (Å²) in [4.78, 5) is 10.0. The third kappa shape index (κ3) is 8.41. The summed E-state index contributed by atoms with van der Waals surface area (Å²) in [5.74, 6) is -0.452. The van der Waals surface area contributed by atoms with Crippen LogP contribution in [0.2, 0.25) is 0 Å². The first-order valence-electron chi connectivity index (χ1n) is 26.5. The molecule has 0 fully saturated rings. The van der Waals surface area contributed by atoms with E-state index in [0.717, 1.165) is 33.5 Å². The minimum atomic E-state index is -3.81. The topological polar surface area (TPSA) is 50.9 Å². The van der Waals surface area contributed by atoms with Crippen LogP contribution >= 0.6 is 0 Å². The molecule has 0 atom stereocenters. The monoisotopic (exact) mass is 981 g/mol. The summed E-state index contributed by atoms with van der Waals surface area (Å²) in [6.07, 6.45) is 1.40. The van der Waals surface area contributed by atoms with E-state index in [1.165, 1.54) is 18.3 Å². The van der Waals surface area contributed by atoms with Crippen molar-refractivity contribution in [3.05, 3.63) is 167 Å². The molecule has 5 heteroatoms. The Labute approximate surface area is 390 Å². The normalized spacial score (nSPS) is 16.1. The number of aromatic hydroxyl groups is 1. The van der Waals surface area contributed by atoms with Crippen LogP contribution in [0.4, 0.5) is 0 Å². The minimum absolute atomic E-state index is 0. The van der Waals surface area contributed by atoms with Gasteiger partial charge in [0, 0.05) is 52.4 Å². The molecule has 0 unspecified atom stereocenters. The van der Waals surface area contributed by atoms with E-state index in [1.54, 1.807) is 0 Å². The maximum Gasteiger partial charge on any atom is 0.148 e. The Bertz CT molecular complexity index is 3410. The standard InChI is InChI=1S/C55H54N3O.Pt/c1-34(2)40-27-41(37-15-12-11-13-16-37)32-46(31-40)58-50-18-14-17-47(51(50)57-53(58)48-26-35(3)25-36(4)52(48)59)42-28-43(30-45(29-42)55(8,9)10)49-33-39(23-24-56-49)38-19-21-44(22-20-38)54(5,6)7;/h11-27,29-34,59H,1-10H3;/q-1;/i5D3,6D3,7D3,19D,20D,21D,22D,34D;. The molecule has 0 spiro atoms. The zero-order valence-corrected chi connectivity index (χ0v) is 36.8. The Morgan fingerprint density at radius 1 is 0.717 bits per heavy atom. The number of para-hydroxylation sites is 1. The molecule has 306 valence electrons. The molecule has 0 bridgehead atoms. The van der Waals surface area contributed by atoms with Crippen molar-refractivity contribution in [3.63, 3.8) is 0 Å². The third-order valence-corrected chi connectivity index (χ3v) is 10.6. The fourth-order valence-electron chi connectivity index (χ4n) is 7.38. The quantitative estimate of drug-likeness (QED) is 0.162. The van der Waals surface area contributed by atoms with E-state index in [0.29, 0.717) is 50.4 Å². The molecule has 2 heterocycles. The number of aryl methyl sites for hydroxylation is 2. The van der Waals surface area contributed by atoms with Gasteiger partial charge in [0.15, 0.2) is 0 Å². The average molecular weight is 982 g/mol. The van der Waals surface area contributed by atoms with Crippen molar-refractivity contribution in [1.29, 1.82) is 0 Å². The van der Waals surface area contributed by atoms with Crippen molar-refractivity contribution < 1.29 is 45.4 Å². The number of phenols is 1. The molecule has 0 radical (unpaired) electrons. The maximum atomic E-state index is 11.8. The van der Waals surface area contributed by atoms with Crippen LogP contribution in [0.3, 0.4) is 0 Å². The molecular formula is C55H54N3OPt-. The largest absolute Gasteiger partial charge is 0.507 e. The molecular weight excluding hydrogens is 914 g/mol. The molecule has 4 nitrogen and oxygen atoms in total. The predicted molar refractivity (Wildman–Crippen MR) is 248 cm³/mol. The van der Waals surface area contributed by atoms with E-state index >= 15 is 0 Å². The van der Waals surface area contributed by atoms with Crippen molar-refractivity contribution >= 4 is 11.0 Å². The van der Waals surface area contributed by atoms with Gasteiger partial charge in [-0.05, 0) is 105 Å². The SMILES string of the molecule is [2H]c1c([2H])c(C(C([2H])([2H])[2H])(C([2H])([2H])[2H])C([2H])([2H])[2H])c([2H])c([2H])c1-c1ccnc(-c2[c-]c(-c3cccc4c3nc(-c3cc(C)cc(C)c3O)n4-c3cc(-c4ccccc4)cc(C([2H])(C)C)c3)cc(C(C)(C)C)c2)c1.[Pt]. The van der Waals surface area contributed by atoms with Crippen molar-refractivity contribution in [2.75, 3.05) is 0 Å². The van der Waals surface area contributed by atoms with E-state index in [1.807, 2.05) is 138 Å². The summed E-state index contributed by atoms with van der Waals surface area (Å²) in [5.41, 5.74) is 4.00. The van der Waals surface area contributed by atoms with Crippen LogP contribution in [0, 0.1) is 19.9 Å². The van der Waals surface area contributed by atoms with E-state index < -0.39 is 67.0 Å². The molecule has 0 amide bonds. The van der Waals surface area contributed by atoms with Crippen LogP contribution < -0.4 is 0 Å². The number of hydrogen-bond donors (Lipinski definition) is 1. The van der Waals surface area contributed by atoms with Crippen molar-refractivity contribution in [2.24, 2.45) is 0 Å². The maximum absolute atomic E-state index is 11.8. The first-order chi connectivity index (χ1) is 33.8. The number of aromatic nitrogens is 3. The van der Waals surface area contributed by atoms with Gasteiger partial charge in [-0.25, -0.2) is 4.98 Å². The van der Waals surface area contributed by atoms with Gasteiger partial charge in [0.25, 0.3) is 0 Å². The van der Waals surface area contributed by atoms with Crippen molar-refractivity contribution in [2.45, 2.75) is 85.7 Å². The van der Waals surface area contributed by atoms with Crippen LogP contribution in [0.15, 0.2) is 133 Å². The zero-order chi connectivity index (χ0) is 53.7. The molecule has 2 aromatic heterocycles. The third-order valence-electron chi connectivity index (χ3n) is 10.6. The van der Waals surface area contributed by atoms with E-state index in [2.05, 4.69) is 17.1 Å². The van der Waals surface area contributed by atoms with E-state index in [-0.39, 0.29) is 37.9 Å². The van der Waals surface area contributed by atoms with Crippen molar-refractivity contribution in [1.82, 2.24) is 14.5 Å². The Morgan fingerprint density at radius 2 is 1.45 bits per heavy atom.